The summed E-state index contributed by atoms with van der Waals surface area (Å²) in [6, 6.07) is 0. The second kappa shape index (κ2) is 8.75. The van der Waals surface area contributed by atoms with Crippen molar-refractivity contribution >= 4 is 11.9 Å². The van der Waals surface area contributed by atoms with Crippen molar-refractivity contribution in [3.05, 3.63) is 24.3 Å². The first kappa shape index (κ1) is 21.3. The number of hydrogen-bond donors (Lipinski definition) is 0. The molecule has 0 heterocycles. The van der Waals surface area contributed by atoms with Gasteiger partial charge >= 0.3 is 11.9 Å². The maximum Gasteiger partial charge on any atom is 0.309 e. The van der Waals surface area contributed by atoms with E-state index in [0.29, 0.717) is 60.6 Å². The summed E-state index contributed by atoms with van der Waals surface area (Å²) in [7, 11) is 0. The highest BCUT2D eigenvalue weighted by Gasteiger charge is 2.56. The van der Waals surface area contributed by atoms with E-state index in [1.54, 1.807) is 0 Å². The Labute approximate surface area is 186 Å². The molecule has 3 saturated carbocycles. The molecule has 0 radical (unpaired) electrons. The van der Waals surface area contributed by atoms with Crippen molar-refractivity contribution in [3.63, 3.8) is 0 Å². The average molecular weight is 427 g/mol. The van der Waals surface area contributed by atoms with Crippen molar-refractivity contribution in [1.82, 2.24) is 0 Å². The molecule has 0 spiro atoms. The van der Waals surface area contributed by atoms with Crippen LogP contribution in [0.2, 0.25) is 0 Å². The van der Waals surface area contributed by atoms with Gasteiger partial charge in [0.15, 0.2) is 0 Å². The van der Waals surface area contributed by atoms with Gasteiger partial charge in [0.2, 0.25) is 0 Å². The molecule has 31 heavy (non-hydrogen) atoms. The standard InChI is InChI=1S/C27H38O4/c1-3-11-30-26(28)24-20-9-7-18(14-20)22(24)16-5-6-17(13-16)23-19-8-10-21(15-19)25(23)27(29)31-12-4-2/h7-10,16-25H,3-6,11-15H2,1-2H3/t16?,17?,18-,19+,20+,21-,22+,23-,24+,25?/m1/s1. The number of carbonyl (C=O) groups excluding carboxylic acids is 2. The summed E-state index contributed by atoms with van der Waals surface area (Å²) in [5.74, 6) is 4.04. The molecule has 3 fully saturated rings. The first-order valence-electron chi connectivity index (χ1n) is 12.8. The molecular formula is C27H38O4. The SMILES string of the molecule is CCCOC(=O)C1[C@H](C2CCC([C@@H]3[C@@H](C(=O)OCCC)[C@H]4C=C[C@@H]3C4)C2)[C@H]2C=C[C@@H]1C2. The highest BCUT2D eigenvalue weighted by Crippen LogP contribution is 2.59. The Hall–Kier alpha value is -1.58. The number of carbonyl (C=O) groups is 2. The van der Waals surface area contributed by atoms with Crippen LogP contribution in [0.25, 0.3) is 0 Å². The Kier molecular flexibility index (Phi) is 6.00. The minimum atomic E-state index is 0.0380. The lowest BCUT2D eigenvalue weighted by Gasteiger charge is -2.34. The predicted molar refractivity (Wildman–Crippen MR) is 119 cm³/mol. The van der Waals surface area contributed by atoms with Crippen molar-refractivity contribution in [1.29, 1.82) is 0 Å². The van der Waals surface area contributed by atoms with Crippen molar-refractivity contribution in [2.75, 3.05) is 13.2 Å². The zero-order chi connectivity index (χ0) is 21.5. The van der Waals surface area contributed by atoms with Gasteiger partial charge in [-0.25, -0.2) is 0 Å². The molecule has 0 aliphatic heterocycles. The van der Waals surface area contributed by atoms with E-state index in [0.717, 1.165) is 25.7 Å². The Balaban J connectivity index is 1.29. The molecule has 3 unspecified atom stereocenters. The molecule has 170 valence electrons. The smallest absolute Gasteiger partial charge is 0.309 e. The lowest BCUT2D eigenvalue weighted by molar-refractivity contribution is -0.152. The van der Waals surface area contributed by atoms with Gasteiger partial charge in [-0.2, -0.15) is 0 Å². The Morgan fingerprint density at radius 2 is 1.10 bits per heavy atom. The summed E-state index contributed by atoms with van der Waals surface area (Å²) >= 11 is 0. The number of fused-ring (bicyclic) bond motifs is 4. The molecule has 0 aromatic carbocycles. The minimum absolute atomic E-state index is 0.0380. The summed E-state index contributed by atoms with van der Waals surface area (Å²) in [5.41, 5.74) is 0. The Bertz CT molecular complexity index is 692. The second-order valence-electron chi connectivity index (χ2n) is 10.8. The van der Waals surface area contributed by atoms with Crippen LogP contribution in [-0.4, -0.2) is 25.2 Å². The molecule has 0 N–H and O–H groups in total. The highest BCUT2D eigenvalue weighted by atomic mass is 16.5. The molecule has 4 bridgehead atoms. The van der Waals surface area contributed by atoms with Gasteiger partial charge in [0.05, 0.1) is 25.0 Å². The zero-order valence-electron chi connectivity index (χ0n) is 19.1. The van der Waals surface area contributed by atoms with E-state index >= 15 is 0 Å². The van der Waals surface area contributed by atoms with E-state index in [-0.39, 0.29) is 23.8 Å². The fourth-order valence-electron chi connectivity index (χ4n) is 8.02. The monoisotopic (exact) mass is 426 g/mol. The van der Waals surface area contributed by atoms with Crippen molar-refractivity contribution < 1.29 is 19.1 Å². The minimum Gasteiger partial charge on any atom is -0.465 e. The Morgan fingerprint density at radius 3 is 1.52 bits per heavy atom. The van der Waals surface area contributed by atoms with E-state index in [9.17, 15) is 9.59 Å². The fraction of sp³-hybridized carbons (Fsp3) is 0.778. The number of hydrogen-bond acceptors (Lipinski definition) is 4. The largest absolute Gasteiger partial charge is 0.465 e. The van der Waals surface area contributed by atoms with Gasteiger partial charge in [-0.3, -0.25) is 9.59 Å². The molecule has 5 aliphatic carbocycles. The van der Waals surface area contributed by atoms with E-state index in [2.05, 4.69) is 38.2 Å². The third-order valence-electron chi connectivity index (χ3n) is 9.08. The van der Waals surface area contributed by atoms with Gasteiger partial charge in [0.25, 0.3) is 0 Å². The molecule has 0 aromatic rings. The highest BCUT2D eigenvalue weighted by molar-refractivity contribution is 5.75. The number of esters is 2. The Morgan fingerprint density at radius 1 is 0.677 bits per heavy atom. The molecule has 5 rings (SSSR count). The van der Waals surface area contributed by atoms with Crippen molar-refractivity contribution in [2.45, 2.75) is 58.8 Å². The van der Waals surface area contributed by atoms with Crippen LogP contribution in [0.1, 0.15) is 58.8 Å². The fourth-order valence-corrected chi connectivity index (χ4v) is 8.02. The molecule has 4 nitrogen and oxygen atoms in total. The summed E-state index contributed by atoms with van der Waals surface area (Å²) in [6.07, 6.45) is 16.8. The average Bonchev–Trinajstić information content (AvgIpc) is 3.59. The van der Waals surface area contributed by atoms with Crippen LogP contribution in [0.5, 0.6) is 0 Å². The van der Waals surface area contributed by atoms with E-state index in [1.165, 1.54) is 19.3 Å². The van der Waals surface area contributed by atoms with Crippen LogP contribution >= 0.6 is 0 Å². The normalized spacial score (nSPS) is 44.3. The summed E-state index contributed by atoms with van der Waals surface area (Å²) < 4.78 is 11.3. The molecule has 0 saturated heterocycles. The molecule has 5 aliphatic rings. The summed E-state index contributed by atoms with van der Waals surface area (Å²) in [5, 5.41) is 0. The van der Waals surface area contributed by atoms with Gasteiger partial charge in [0.1, 0.15) is 0 Å². The maximum absolute atomic E-state index is 12.9. The molecular weight excluding hydrogens is 388 g/mol. The lowest BCUT2D eigenvalue weighted by atomic mass is 9.71. The van der Waals surface area contributed by atoms with Crippen LogP contribution in [0.3, 0.4) is 0 Å². The molecule has 10 atom stereocenters. The third-order valence-corrected chi connectivity index (χ3v) is 9.08. The van der Waals surface area contributed by atoms with Gasteiger partial charge in [-0.1, -0.05) is 38.2 Å². The van der Waals surface area contributed by atoms with Crippen LogP contribution in [0.15, 0.2) is 24.3 Å². The maximum atomic E-state index is 12.9. The third kappa shape index (κ3) is 3.68. The predicted octanol–water partition coefficient (Wildman–Crippen LogP) is 5.19. The summed E-state index contributed by atoms with van der Waals surface area (Å²) in [4.78, 5) is 25.8. The molecule has 4 heteroatoms. The number of rotatable bonds is 8. The topological polar surface area (TPSA) is 52.6 Å². The summed E-state index contributed by atoms with van der Waals surface area (Å²) in [6.45, 7) is 5.18. The number of ether oxygens (including phenoxy) is 2. The zero-order valence-corrected chi connectivity index (χ0v) is 19.1. The van der Waals surface area contributed by atoms with E-state index in [1.807, 2.05) is 0 Å². The van der Waals surface area contributed by atoms with E-state index < -0.39 is 0 Å². The van der Waals surface area contributed by atoms with Crippen molar-refractivity contribution in [2.24, 2.45) is 59.2 Å². The van der Waals surface area contributed by atoms with Crippen LogP contribution in [0, 0.1) is 59.2 Å². The molecule has 0 aromatic heterocycles. The second-order valence-corrected chi connectivity index (χ2v) is 10.8. The lowest BCUT2D eigenvalue weighted by Crippen LogP contribution is -2.35. The van der Waals surface area contributed by atoms with Crippen LogP contribution in [-0.2, 0) is 19.1 Å². The van der Waals surface area contributed by atoms with Gasteiger partial charge in [-0.15, -0.1) is 0 Å². The first-order valence-corrected chi connectivity index (χ1v) is 12.8. The quantitative estimate of drug-likeness (QED) is 0.396. The van der Waals surface area contributed by atoms with Crippen LogP contribution in [0.4, 0.5) is 0 Å². The van der Waals surface area contributed by atoms with Gasteiger partial charge in [-0.05, 0) is 92.3 Å². The number of allylic oxidation sites excluding steroid dienone is 4. The van der Waals surface area contributed by atoms with Crippen molar-refractivity contribution in [3.8, 4) is 0 Å². The van der Waals surface area contributed by atoms with Gasteiger partial charge < -0.3 is 9.47 Å². The van der Waals surface area contributed by atoms with Gasteiger partial charge in [0, 0.05) is 0 Å². The van der Waals surface area contributed by atoms with Crippen LogP contribution < -0.4 is 0 Å². The van der Waals surface area contributed by atoms with E-state index in [4.69, 9.17) is 9.47 Å². The molecule has 0 amide bonds. The first-order chi connectivity index (χ1) is 15.1.